The first-order valence-electron chi connectivity index (χ1n) is 5.53. The van der Waals surface area contributed by atoms with E-state index in [2.05, 4.69) is 46.8 Å². The fourth-order valence-electron chi connectivity index (χ4n) is 2.07. The van der Waals surface area contributed by atoms with Crippen LogP contribution in [0, 0.1) is 13.8 Å². The zero-order valence-electron chi connectivity index (χ0n) is 10.7. The number of aliphatic hydroxyl groups excluding tert-OH is 1. The number of benzene rings is 1. The van der Waals surface area contributed by atoms with Crippen LogP contribution >= 0.6 is 0 Å². The summed E-state index contributed by atoms with van der Waals surface area (Å²) in [7, 11) is 0. The molecule has 1 rings (SSSR count). The quantitative estimate of drug-likeness (QED) is 0.743. The van der Waals surface area contributed by atoms with E-state index < -0.39 is 0 Å². The molecule has 1 aromatic rings. The number of aliphatic hydroxyl groups is 1. The minimum Gasteiger partial charge on any atom is -0.389 e. The van der Waals surface area contributed by atoms with E-state index in [1.165, 1.54) is 16.7 Å². The molecule has 0 saturated heterocycles. The fourth-order valence-corrected chi connectivity index (χ4v) is 2.07. The van der Waals surface area contributed by atoms with Gasteiger partial charge in [-0.15, -0.1) is 0 Å². The van der Waals surface area contributed by atoms with Crippen molar-refractivity contribution in [1.29, 1.82) is 0 Å². The first-order chi connectivity index (χ1) is 6.73. The maximum atomic E-state index is 9.68. The average Bonchev–Trinajstić information content (AvgIpc) is 1.99. The van der Waals surface area contributed by atoms with Crippen molar-refractivity contribution in [2.24, 2.45) is 0 Å². The molecule has 0 aliphatic rings. The molecule has 0 fully saturated rings. The van der Waals surface area contributed by atoms with Gasteiger partial charge in [0.2, 0.25) is 0 Å². The highest BCUT2D eigenvalue weighted by Gasteiger charge is 2.17. The molecular formula is C14H22O. The second kappa shape index (κ2) is 3.97. The van der Waals surface area contributed by atoms with Crippen LogP contribution in [0.5, 0.6) is 0 Å². The van der Waals surface area contributed by atoms with Crippen molar-refractivity contribution < 1.29 is 5.11 Å². The molecule has 1 atom stereocenters. The number of hydrogen-bond acceptors (Lipinski definition) is 1. The van der Waals surface area contributed by atoms with Crippen LogP contribution in [0.25, 0.3) is 0 Å². The molecule has 0 amide bonds. The summed E-state index contributed by atoms with van der Waals surface area (Å²) in [5.41, 5.74) is 4.96. The van der Waals surface area contributed by atoms with E-state index in [4.69, 9.17) is 0 Å². The van der Waals surface area contributed by atoms with Crippen LogP contribution < -0.4 is 0 Å². The Hall–Kier alpha value is -0.820. The van der Waals surface area contributed by atoms with Crippen LogP contribution in [-0.4, -0.2) is 5.11 Å². The zero-order valence-corrected chi connectivity index (χ0v) is 10.7. The molecule has 84 valence electrons. The zero-order chi connectivity index (χ0) is 11.8. The maximum Gasteiger partial charge on any atom is 0.0767 e. The fraction of sp³-hybridized carbons (Fsp3) is 0.571. The Kier molecular flexibility index (Phi) is 3.25. The van der Waals surface area contributed by atoms with Crippen LogP contribution in [0.3, 0.4) is 0 Å². The summed E-state index contributed by atoms with van der Waals surface area (Å²) >= 11 is 0. The molecule has 0 spiro atoms. The second-order valence-electron chi connectivity index (χ2n) is 5.45. The van der Waals surface area contributed by atoms with Crippen molar-refractivity contribution in [1.82, 2.24) is 0 Å². The van der Waals surface area contributed by atoms with Gasteiger partial charge in [0.1, 0.15) is 0 Å². The van der Waals surface area contributed by atoms with Gasteiger partial charge >= 0.3 is 0 Å². The Morgan fingerprint density at radius 1 is 1.07 bits per heavy atom. The normalized spacial score (nSPS) is 14.1. The third kappa shape index (κ3) is 2.60. The lowest BCUT2D eigenvalue weighted by atomic mass is 9.83. The molecular weight excluding hydrogens is 184 g/mol. The van der Waals surface area contributed by atoms with Crippen molar-refractivity contribution in [3.8, 4) is 0 Å². The molecule has 15 heavy (non-hydrogen) atoms. The summed E-state index contributed by atoms with van der Waals surface area (Å²) in [6.45, 7) is 12.6. The summed E-state index contributed by atoms with van der Waals surface area (Å²) in [4.78, 5) is 0. The van der Waals surface area contributed by atoms with Crippen LogP contribution in [0.15, 0.2) is 12.1 Å². The van der Waals surface area contributed by atoms with E-state index in [9.17, 15) is 5.11 Å². The monoisotopic (exact) mass is 206 g/mol. The molecule has 1 nitrogen and oxygen atoms in total. The number of rotatable bonds is 1. The molecule has 0 aliphatic carbocycles. The summed E-state index contributed by atoms with van der Waals surface area (Å²) < 4.78 is 0. The molecule has 1 heteroatoms. The van der Waals surface area contributed by atoms with E-state index in [1.54, 1.807) is 0 Å². The predicted octanol–water partition coefficient (Wildman–Crippen LogP) is 3.65. The lowest BCUT2D eigenvalue weighted by Gasteiger charge is -2.23. The molecule has 0 saturated carbocycles. The van der Waals surface area contributed by atoms with E-state index in [1.807, 2.05) is 6.92 Å². The van der Waals surface area contributed by atoms with Gasteiger partial charge in [-0.3, -0.25) is 0 Å². The molecule has 0 bridgehead atoms. The summed E-state index contributed by atoms with van der Waals surface area (Å²) in [6.07, 6.45) is -0.376. The highest BCUT2D eigenvalue weighted by atomic mass is 16.3. The summed E-state index contributed by atoms with van der Waals surface area (Å²) in [5.74, 6) is 0. The van der Waals surface area contributed by atoms with Gasteiger partial charge in [0.15, 0.2) is 0 Å². The van der Waals surface area contributed by atoms with Gasteiger partial charge in [-0.1, -0.05) is 32.9 Å². The van der Waals surface area contributed by atoms with E-state index in [-0.39, 0.29) is 11.5 Å². The smallest absolute Gasteiger partial charge is 0.0767 e. The Bertz CT molecular complexity index is 333. The van der Waals surface area contributed by atoms with Gasteiger partial charge in [0, 0.05) is 0 Å². The van der Waals surface area contributed by atoms with Crippen molar-refractivity contribution >= 4 is 0 Å². The van der Waals surface area contributed by atoms with E-state index in [0.717, 1.165) is 5.56 Å². The lowest BCUT2D eigenvalue weighted by Crippen LogP contribution is -2.13. The third-order valence-corrected chi connectivity index (χ3v) is 2.88. The third-order valence-electron chi connectivity index (χ3n) is 2.88. The highest BCUT2D eigenvalue weighted by molar-refractivity contribution is 5.41. The summed E-state index contributed by atoms with van der Waals surface area (Å²) in [5, 5.41) is 9.68. The Morgan fingerprint density at radius 2 is 1.47 bits per heavy atom. The minimum atomic E-state index is -0.376. The van der Waals surface area contributed by atoms with Crippen molar-refractivity contribution in [2.75, 3.05) is 0 Å². The topological polar surface area (TPSA) is 20.2 Å². The molecule has 0 radical (unpaired) electrons. The van der Waals surface area contributed by atoms with Crippen LogP contribution in [0.4, 0.5) is 0 Å². The van der Waals surface area contributed by atoms with Crippen molar-refractivity contribution in [3.63, 3.8) is 0 Å². The molecule has 0 aromatic heterocycles. The Labute approximate surface area is 93.1 Å². The van der Waals surface area contributed by atoms with Crippen molar-refractivity contribution in [3.05, 3.63) is 34.4 Å². The van der Waals surface area contributed by atoms with E-state index >= 15 is 0 Å². The number of aryl methyl sites for hydroxylation is 2. The minimum absolute atomic E-state index is 0.173. The molecule has 1 N–H and O–H groups in total. The van der Waals surface area contributed by atoms with Gasteiger partial charge in [-0.05, 0) is 48.4 Å². The standard InChI is InChI=1S/C14H22O/c1-9-7-12(14(4,5)6)8-10(2)13(9)11(3)15/h7-8,11,15H,1-6H3/t11-/m1/s1. The number of hydrogen-bond donors (Lipinski definition) is 1. The molecule has 0 unspecified atom stereocenters. The summed E-state index contributed by atoms with van der Waals surface area (Å²) in [6, 6.07) is 4.38. The average molecular weight is 206 g/mol. The van der Waals surface area contributed by atoms with Crippen molar-refractivity contribution in [2.45, 2.75) is 53.1 Å². The molecule has 1 aromatic carbocycles. The molecule has 0 aliphatic heterocycles. The Balaban J connectivity index is 3.32. The largest absolute Gasteiger partial charge is 0.389 e. The van der Waals surface area contributed by atoms with Gasteiger partial charge in [0.25, 0.3) is 0 Å². The lowest BCUT2D eigenvalue weighted by molar-refractivity contribution is 0.197. The second-order valence-corrected chi connectivity index (χ2v) is 5.45. The predicted molar refractivity (Wildman–Crippen MR) is 65.2 cm³/mol. The van der Waals surface area contributed by atoms with Gasteiger partial charge in [-0.25, -0.2) is 0 Å². The maximum absolute atomic E-state index is 9.68. The molecule has 0 heterocycles. The van der Waals surface area contributed by atoms with E-state index in [0.29, 0.717) is 0 Å². The van der Waals surface area contributed by atoms with Gasteiger partial charge in [-0.2, -0.15) is 0 Å². The van der Waals surface area contributed by atoms with Gasteiger partial charge < -0.3 is 5.11 Å². The highest BCUT2D eigenvalue weighted by Crippen LogP contribution is 2.29. The van der Waals surface area contributed by atoms with Crippen LogP contribution in [-0.2, 0) is 5.41 Å². The Morgan fingerprint density at radius 3 is 1.73 bits per heavy atom. The van der Waals surface area contributed by atoms with Crippen LogP contribution in [0.1, 0.15) is 56.1 Å². The first kappa shape index (κ1) is 12.3. The first-order valence-corrected chi connectivity index (χ1v) is 5.53. The van der Waals surface area contributed by atoms with Crippen LogP contribution in [0.2, 0.25) is 0 Å². The van der Waals surface area contributed by atoms with Gasteiger partial charge in [0.05, 0.1) is 6.10 Å². The SMILES string of the molecule is Cc1cc(C(C)(C)C)cc(C)c1[C@@H](C)O.